The van der Waals surface area contributed by atoms with E-state index < -0.39 is 24.4 Å². The molecule has 1 aliphatic heterocycles. The normalized spacial score (nSPS) is 18.1. The third-order valence-corrected chi connectivity index (χ3v) is 6.40. The van der Waals surface area contributed by atoms with Crippen molar-refractivity contribution in [2.75, 3.05) is 13.2 Å². The summed E-state index contributed by atoms with van der Waals surface area (Å²) in [7, 11) is 0. The molecule has 8 heteroatoms. The summed E-state index contributed by atoms with van der Waals surface area (Å²) < 4.78 is 15.7. The Morgan fingerprint density at radius 2 is 1.44 bits per heavy atom. The first-order valence-electron chi connectivity index (χ1n) is 14.3. The number of nitrogens with one attached hydrogen (secondary N) is 2. The maximum absolute atomic E-state index is 12.8. The highest BCUT2D eigenvalue weighted by Crippen LogP contribution is 2.16. The molecule has 1 saturated heterocycles. The zero-order valence-electron chi connectivity index (χ0n) is 23.3. The first-order valence-corrected chi connectivity index (χ1v) is 14.3. The number of hydrogen-bond donors (Lipinski definition) is 2. The largest absolute Gasteiger partial charge is 0.450 e. The number of carbonyl (C=O) groups excluding carboxylic acids is 3. The molecule has 0 radical (unpaired) electrons. The number of amides is 2. The standard InChI is InChI=1S/C28H52N2O6/c1-5-6-7-8-9-10-11-12-13-14-15-16-17-18-34-28(33)30-25(19-22(2)3)27(32)29-24-20-26(35-21-24)36-23(4)31/h22,24-26H,5-21H2,1-4H3,(H,29,32)(H,30,33)/t24-,25-,26-/m0/s1. The first-order chi connectivity index (χ1) is 17.3. The Labute approximate surface area is 219 Å². The van der Waals surface area contributed by atoms with Crippen LogP contribution in [0.3, 0.4) is 0 Å². The van der Waals surface area contributed by atoms with E-state index in [9.17, 15) is 14.4 Å². The van der Waals surface area contributed by atoms with Gasteiger partial charge in [0.2, 0.25) is 12.2 Å². The van der Waals surface area contributed by atoms with Crippen LogP contribution in [0.5, 0.6) is 0 Å². The molecule has 0 aromatic carbocycles. The maximum Gasteiger partial charge on any atom is 0.407 e. The second kappa shape index (κ2) is 20.3. The number of esters is 1. The molecule has 0 unspecified atom stereocenters. The highest BCUT2D eigenvalue weighted by atomic mass is 16.7. The lowest BCUT2D eigenvalue weighted by molar-refractivity contribution is -0.166. The predicted molar refractivity (Wildman–Crippen MR) is 141 cm³/mol. The van der Waals surface area contributed by atoms with Gasteiger partial charge in [-0.15, -0.1) is 0 Å². The molecule has 1 rings (SSSR count). The van der Waals surface area contributed by atoms with Crippen LogP contribution in [0.2, 0.25) is 0 Å². The van der Waals surface area contributed by atoms with Crippen molar-refractivity contribution in [2.45, 2.75) is 142 Å². The van der Waals surface area contributed by atoms with Gasteiger partial charge < -0.3 is 24.8 Å². The van der Waals surface area contributed by atoms with Gasteiger partial charge in [0.25, 0.3) is 0 Å². The average Bonchev–Trinajstić information content (AvgIpc) is 3.24. The van der Waals surface area contributed by atoms with Crippen molar-refractivity contribution in [1.29, 1.82) is 0 Å². The van der Waals surface area contributed by atoms with E-state index in [0.29, 0.717) is 19.4 Å². The smallest absolute Gasteiger partial charge is 0.407 e. The molecule has 0 spiro atoms. The number of alkyl carbamates (subject to hydrolysis) is 1. The number of unbranched alkanes of at least 4 members (excludes halogenated alkanes) is 12. The Hall–Kier alpha value is -1.83. The SMILES string of the molecule is CCCCCCCCCCCCCCCOC(=O)N[C@@H](CC(C)C)C(=O)N[C@@H]1CO[C@@H](OC(C)=O)C1. The molecule has 3 atom stereocenters. The Morgan fingerprint density at radius 3 is 1.97 bits per heavy atom. The third kappa shape index (κ3) is 16.8. The van der Waals surface area contributed by atoms with Crippen LogP contribution in [0, 0.1) is 5.92 Å². The molecule has 1 aliphatic rings. The predicted octanol–water partition coefficient (Wildman–Crippen LogP) is 6.01. The molecule has 36 heavy (non-hydrogen) atoms. The van der Waals surface area contributed by atoms with Crippen molar-refractivity contribution in [2.24, 2.45) is 5.92 Å². The zero-order chi connectivity index (χ0) is 26.6. The quantitative estimate of drug-likeness (QED) is 0.153. The van der Waals surface area contributed by atoms with Gasteiger partial charge in [0.05, 0.1) is 19.3 Å². The van der Waals surface area contributed by atoms with Crippen molar-refractivity contribution < 1.29 is 28.6 Å². The van der Waals surface area contributed by atoms with E-state index in [4.69, 9.17) is 14.2 Å². The summed E-state index contributed by atoms with van der Waals surface area (Å²) in [5.41, 5.74) is 0. The molecule has 2 N–H and O–H groups in total. The zero-order valence-corrected chi connectivity index (χ0v) is 23.3. The van der Waals surface area contributed by atoms with Gasteiger partial charge in [-0.2, -0.15) is 0 Å². The van der Waals surface area contributed by atoms with Crippen LogP contribution in [0.15, 0.2) is 0 Å². The van der Waals surface area contributed by atoms with E-state index in [1.807, 2.05) is 13.8 Å². The molecule has 210 valence electrons. The number of ether oxygens (including phenoxy) is 3. The molecule has 8 nitrogen and oxygen atoms in total. The van der Waals surface area contributed by atoms with Crippen molar-refractivity contribution in [3.63, 3.8) is 0 Å². The molecule has 0 saturated carbocycles. The Kier molecular flexibility index (Phi) is 18.1. The minimum atomic E-state index is -0.683. The topological polar surface area (TPSA) is 103 Å². The number of hydrogen-bond acceptors (Lipinski definition) is 6. The molecule has 0 aromatic heterocycles. The van der Waals surface area contributed by atoms with E-state index in [0.717, 1.165) is 19.3 Å². The lowest BCUT2D eigenvalue weighted by Gasteiger charge is -2.21. The molecular formula is C28H52N2O6. The van der Waals surface area contributed by atoms with E-state index in [2.05, 4.69) is 17.6 Å². The van der Waals surface area contributed by atoms with Crippen LogP contribution in [0.25, 0.3) is 0 Å². The van der Waals surface area contributed by atoms with Gasteiger partial charge in [-0.05, 0) is 18.8 Å². The van der Waals surface area contributed by atoms with E-state index >= 15 is 0 Å². The number of rotatable bonds is 20. The highest BCUT2D eigenvalue weighted by molar-refractivity contribution is 5.85. The molecule has 1 heterocycles. The molecule has 1 fully saturated rings. The summed E-state index contributed by atoms with van der Waals surface area (Å²) in [4.78, 5) is 36.1. The van der Waals surface area contributed by atoms with Gasteiger partial charge in [0.1, 0.15) is 6.04 Å². The van der Waals surface area contributed by atoms with Crippen LogP contribution in [0.1, 0.15) is 124 Å². The Morgan fingerprint density at radius 1 is 0.889 bits per heavy atom. The summed E-state index contributed by atoms with van der Waals surface area (Å²) in [5, 5.41) is 5.60. The van der Waals surface area contributed by atoms with Gasteiger partial charge in [-0.3, -0.25) is 9.59 Å². The fourth-order valence-corrected chi connectivity index (χ4v) is 4.43. The molecular weight excluding hydrogens is 460 g/mol. The monoisotopic (exact) mass is 512 g/mol. The van der Waals surface area contributed by atoms with Crippen molar-refractivity contribution in [3.8, 4) is 0 Å². The van der Waals surface area contributed by atoms with Crippen LogP contribution in [-0.4, -0.2) is 49.6 Å². The molecule has 0 aromatic rings. The van der Waals surface area contributed by atoms with Crippen molar-refractivity contribution in [3.05, 3.63) is 0 Å². The maximum atomic E-state index is 12.8. The lowest BCUT2D eigenvalue weighted by atomic mass is 10.0. The van der Waals surface area contributed by atoms with E-state index in [-0.39, 0.29) is 24.5 Å². The minimum Gasteiger partial charge on any atom is -0.450 e. The van der Waals surface area contributed by atoms with Gasteiger partial charge in [0.15, 0.2) is 0 Å². The van der Waals surface area contributed by atoms with Crippen LogP contribution in [0.4, 0.5) is 4.79 Å². The van der Waals surface area contributed by atoms with Crippen LogP contribution >= 0.6 is 0 Å². The fourth-order valence-electron chi connectivity index (χ4n) is 4.43. The van der Waals surface area contributed by atoms with Crippen LogP contribution in [-0.2, 0) is 23.8 Å². The Balaban J connectivity index is 2.13. The van der Waals surface area contributed by atoms with E-state index in [1.165, 1.54) is 71.1 Å². The Bertz CT molecular complexity index is 613. The van der Waals surface area contributed by atoms with Crippen molar-refractivity contribution >= 4 is 18.0 Å². The second-order valence-corrected chi connectivity index (χ2v) is 10.5. The summed E-state index contributed by atoms with van der Waals surface area (Å²) in [6.45, 7) is 8.19. The second-order valence-electron chi connectivity index (χ2n) is 10.5. The fraction of sp³-hybridized carbons (Fsp3) is 0.893. The third-order valence-electron chi connectivity index (χ3n) is 6.40. The molecule has 0 bridgehead atoms. The highest BCUT2D eigenvalue weighted by Gasteiger charge is 2.31. The summed E-state index contributed by atoms with van der Waals surface area (Å²) in [5.74, 6) is -0.480. The summed E-state index contributed by atoms with van der Waals surface area (Å²) in [6.07, 6.45) is 16.1. The van der Waals surface area contributed by atoms with Gasteiger partial charge in [0, 0.05) is 13.3 Å². The van der Waals surface area contributed by atoms with Gasteiger partial charge >= 0.3 is 12.1 Å². The minimum absolute atomic E-state index is 0.218. The average molecular weight is 513 g/mol. The van der Waals surface area contributed by atoms with Gasteiger partial charge in [-0.25, -0.2) is 4.79 Å². The summed E-state index contributed by atoms with van der Waals surface area (Å²) >= 11 is 0. The van der Waals surface area contributed by atoms with E-state index in [1.54, 1.807) is 0 Å². The van der Waals surface area contributed by atoms with Gasteiger partial charge in [-0.1, -0.05) is 97.8 Å². The lowest BCUT2D eigenvalue weighted by Crippen LogP contribution is -2.50. The summed E-state index contributed by atoms with van der Waals surface area (Å²) in [6, 6.07) is -0.947. The molecule has 2 amide bonds. The van der Waals surface area contributed by atoms with Crippen LogP contribution < -0.4 is 10.6 Å². The molecule has 0 aliphatic carbocycles. The number of carbonyl (C=O) groups is 3. The van der Waals surface area contributed by atoms with Crippen molar-refractivity contribution in [1.82, 2.24) is 10.6 Å². The first kappa shape index (κ1) is 32.2.